The number of hydrogen-bond donors (Lipinski definition) is 0. The van der Waals surface area contributed by atoms with E-state index < -0.39 is 0 Å². The highest BCUT2D eigenvalue weighted by molar-refractivity contribution is 9.11. The first-order chi connectivity index (χ1) is 9.95. The summed E-state index contributed by atoms with van der Waals surface area (Å²) in [5.41, 5.74) is 1.76. The fraction of sp³-hybridized carbons (Fsp3) is 0.214. The molecule has 0 radical (unpaired) electrons. The van der Waals surface area contributed by atoms with Crippen molar-refractivity contribution in [1.29, 1.82) is 0 Å². The summed E-state index contributed by atoms with van der Waals surface area (Å²) >= 11 is 10.5. The molecule has 0 aliphatic carbocycles. The smallest absolute Gasteiger partial charge is 0.290 e. The zero-order valence-corrected chi connectivity index (χ0v) is 14.7. The van der Waals surface area contributed by atoms with Gasteiger partial charge in [-0.1, -0.05) is 23.7 Å². The van der Waals surface area contributed by atoms with E-state index in [1.165, 1.54) is 17.7 Å². The first kappa shape index (κ1) is 16.1. The van der Waals surface area contributed by atoms with Gasteiger partial charge in [-0.25, -0.2) is 4.98 Å². The van der Waals surface area contributed by atoms with Crippen LogP contribution in [0.25, 0.3) is 0 Å². The van der Waals surface area contributed by atoms with Gasteiger partial charge >= 0.3 is 0 Å². The molecule has 0 atom stereocenters. The lowest BCUT2D eigenvalue weighted by Gasteiger charge is -2.02. The molecule has 0 N–H and O–H groups in total. The van der Waals surface area contributed by atoms with E-state index in [-0.39, 0.29) is 5.91 Å². The van der Waals surface area contributed by atoms with Gasteiger partial charge in [0.15, 0.2) is 3.92 Å². The molecule has 0 saturated heterocycles. The third-order valence-electron chi connectivity index (χ3n) is 2.56. The van der Waals surface area contributed by atoms with E-state index in [0.29, 0.717) is 20.2 Å². The van der Waals surface area contributed by atoms with Crippen LogP contribution in [0.5, 0.6) is 0 Å². The van der Waals surface area contributed by atoms with Crippen LogP contribution in [0, 0.1) is 0 Å². The quantitative estimate of drug-likeness (QED) is 0.592. The molecule has 0 spiro atoms. The number of carbonyl (C=O) groups excluding carboxylic acids is 1. The number of hydrogen-bond acceptors (Lipinski definition) is 3. The Morgan fingerprint density at radius 2 is 2.10 bits per heavy atom. The van der Waals surface area contributed by atoms with Crippen molar-refractivity contribution in [1.82, 2.24) is 9.88 Å². The molecule has 2 rings (SSSR count). The van der Waals surface area contributed by atoms with Crippen LogP contribution in [0.1, 0.15) is 20.9 Å². The normalized spacial score (nSPS) is 11.0. The molecule has 4 nitrogen and oxygen atoms in total. The van der Waals surface area contributed by atoms with Gasteiger partial charge in [0.05, 0.1) is 12.0 Å². The first-order valence-electron chi connectivity index (χ1n) is 6.10. The topological polar surface area (TPSA) is 45.6 Å². The van der Waals surface area contributed by atoms with Crippen molar-refractivity contribution >= 4 is 51.1 Å². The maximum Gasteiger partial charge on any atom is 0.290 e. The SMILES string of the molecule is CN(C)/C=N\C(=O)c1sc(Br)nc1Cc1ccc(Cl)cc1. The molecule has 0 saturated carbocycles. The molecule has 1 heterocycles. The van der Waals surface area contributed by atoms with Crippen molar-refractivity contribution in [3.8, 4) is 0 Å². The van der Waals surface area contributed by atoms with Gasteiger partial charge in [0.1, 0.15) is 4.88 Å². The van der Waals surface area contributed by atoms with Gasteiger partial charge < -0.3 is 4.90 Å². The maximum atomic E-state index is 12.1. The number of nitrogens with zero attached hydrogens (tertiary/aromatic N) is 3. The van der Waals surface area contributed by atoms with Crippen LogP contribution < -0.4 is 0 Å². The second-order valence-electron chi connectivity index (χ2n) is 4.56. The molecule has 21 heavy (non-hydrogen) atoms. The third-order valence-corrected chi connectivity index (χ3v) is 4.35. The highest BCUT2D eigenvalue weighted by Gasteiger charge is 2.17. The molecule has 1 aromatic carbocycles. The molecule has 7 heteroatoms. The second kappa shape index (κ2) is 7.15. The Morgan fingerprint density at radius 1 is 1.43 bits per heavy atom. The molecule has 110 valence electrons. The Kier molecular flexibility index (Phi) is 5.50. The number of halogens is 2. The van der Waals surface area contributed by atoms with Gasteiger partial charge in [0.2, 0.25) is 0 Å². The van der Waals surface area contributed by atoms with Crippen molar-refractivity contribution in [3.63, 3.8) is 0 Å². The predicted octanol–water partition coefficient (Wildman–Crippen LogP) is 3.88. The molecule has 0 aliphatic heterocycles. The summed E-state index contributed by atoms with van der Waals surface area (Å²) in [6, 6.07) is 7.49. The van der Waals surface area contributed by atoms with Crippen LogP contribution in [0.2, 0.25) is 5.02 Å². The summed E-state index contributed by atoms with van der Waals surface area (Å²) in [5, 5.41) is 0.685. The number of amides is 1. The fourth-order valence-electron chi connectivity index (χ4n) is 1.63. The van der Waals surface area contributed by atoms with Crippen LogP contribution in [0.3, 0.4) is 0 Å². The van der Waals surface area contributed by atoms with Crippen LogP contribution in [0.4, 0.5) is 0 Å². The Morgan fingerprint density at radius 3 is 2.71 bits per heavy atom. The predicted molar refractivity (Wildman–Crippen MR) is 90.6 cm³/mol. The molecule has 0 unspecified atom stereocenters. The second-order valence-corrected chi connectivity index (χ2v) is 7.27. The van der Waals surface area contributed by atoms with Crippen LogP contribution in [-0.2, 0) is 6.42 Å². The minimum absolute atomic E-state index is 0.282. The van der Waals surface area contributed by atoms with Crippen molar-refractivity contribution < 1.29 is 4.79 Å². The van der Waals surface area contributed by atoms with Crippen molar-refractivity contribution in [2.45, 2.75) is 6.42 Å². The summed E-state index contributed by atoms with van der Waals surface area (Å²) in [7, 11) is 3.63. The molecular weight excluding hydrogens is 374 g/mol. The number of benzene rings is 1. The van der Waals surface area contributed by atoms with E-state index in [1.54, 1.807) is 4.90 Å². The zero-order chi connectivity index (χ0) is 15.4. The summed E-state index contributed by atoms with van der Waals surface area (Å²) in [4.78, 5) is 22.7. The first-order valence-corrected chi connectivity index (χ1v) is 8.09. The molecule has 0 fully saturated rings. The summed E-state index contributed by atoms with van der Waals surface area (Å²) in [6.07, 6.45) is 2.06. The largest absolute Gasteiger partial charge is 0.369 e. The summed E-state index contributed by atoms with van der Waals surface area (Å²) in [5.74, 6) is -0.282. The minimum Gasteiger partial charge on any atom is -0.369 e. The van der Waals surface area contributed by atoms with E-state index >= 15 is 0 Å². The number of rotatable bonds is 4. The number of carbonyl (C=O) groups is 1. The Hall–Kier alpha value is -1.24. The third kappa shape index (κ3) is 4.62. The van der Waals surface area contributed by atoms with Gasteiger partial charge in [0.25, 0.3) is 5.91 Å². The van der Waals surface area contributed by atoms with E-state index in [2.05, 4.69) is 25.9 Å². The van der Waals surface area contributed by atoms with Crippen LogP contribution in [0.15, 0.2) is 33.2 Å². The molecule has 2 aromatic rings. The zero-order valence-electron chi connectivity index (χ0n) is 11.5. The number of thiazole rings is 1. The Balaban J connectivity index is 2.24. The van der Waals surface area contributed by atoms with E-state index in [1.807, 2.05) is 38.4 Å². The lowest BCUT2D eigenvalue weighted by atomic mass is 10.1. The summed E-state index contributed by atoms with van der Waals surface area (Å²) < 4.78 is 0.676. The number of aromatic nitrogens is 1. The van der Waals surface area contributed by atoms with Crippen LogP contribution >= 0.6 is 38.9 Å². The van der Waals surface area contributed by atoms with Crippen molar-refractivity contribution in [2.24, 2.45) is 4.99 Å². The van der Waals surface area contributed by atoms with Crippen molar-refractivity contribution in [3.05, 3.63) is 49.3 Å². The van der Waals surface area contributed by atoms with Gasteiger partial charge in [-0.05, 0) is 33.6 Å². The van der Waals surface area contributed by atoms with E-state index in [0.717, 1.165) is 11.3 Å². The van der Waals surface area contributed by atoms with Gasteiger partial charge in [-0.2, -0.15) is 4.99 Å². The molecule has 1 aromatic heterocycles. The molecular formula is C14H13BrClN3OS. The highest BCUT2D eigenvalue weighted by atomic mass is 79.9. The lowest BCUT2D eigenvalue weighted by Crippen LogP contribution is -2.10. The maximum absolute atomic E-state index is 12.1. The standard InChI is InChI=1S/C14H13BrClN3OS/c1-19(2)8-17-13(20)12-11(18-14(15)21-12)7-9-3-5-10(16)6-4-9/h3-6,8H,7H2,1-2H3/b17-8-. The Labute approximate surface area is 140 Å². The Bertz CT molecular complexity index is 667. The average molecular weight is 387 g/mol. The summed E-state index contributed by atoms with van der Waals surface area (Å²) in [6.45, 7) is 0. The number of aliphatic imine (C=N–C) groups is 1. The fourth-order valence-corrected chi connectivity index (χ4v) is 3.16. The van der Waals surface area contributed by atoms with Crippen molar-refractivity contribution in [2.75, 3.05) is 14.1 Å². The highest BCUT2D eigenvalue weighted by Crippen LogP contribution is 2.26. The van der Waals surface area contributed by atoms with Gasteiger partial charge in [-0.15, -0.1) is 11.3 Å². The average Bonchev–Trinajstić information content (AvgIpc) is 2.79. The lowest BCUT2D eigenvalue weighted by molar-refractivity contribution is 0.100. The van der Waals surface area contributed by atoms with Gasteiger partial charge in [0, 0.05) is 25.5 Å². The van der Waals surface area contributed by atoms with Gasteiger partial charge in [-0.3, -0.25) is 4.79 Å². The van der Waals surface area contributed by atoms with E-state index in [9.17, 15) is 4.79 Å². The molecule has 0 aliphatic rings. The van der Waals surface area contributed by atoms with Crippen LogP contribution in [-0.4, -0.2) is 36.2 Å². The molecule has 1 amide bonds. The minimum atomic E-state index is -0.282. The molecule has 0 bridgehead atoms. The van der Waals surface area contributed by atoms with E-state index in [4.69, 9.17) is 11.6 Å². The monoisotopic (exact) mass is 385 g/mol.